The Morgan fingerprint density at radius 1 is 1.03 bits per heavy atom. The number of amidine groups is 1. The molecule has 2 aliphatic rings. The zero-order valence-electron chi connectivity index (χ0n) is 22.0. The van der Waals surface area contributed by atoms with Crippen molar-refractivity contribution < 1.29 is 14.4 Å². The Hall–Kier alpha value is -4.43. The van der Waals surface area contributed by atoms with Crippen molar-refractivity contribution in [2.24, 2.45) is 10.7 Å². The zero-order valence-corrected chi connectivity index (χ0v) is 22.0. The summed E-state index contributed by atoms with van der Waals surface area (Å²) in [5.74, 6) is -0.134. The van der Waals surface area contributed by atoms with E-state index in [1.165, 1.54) is 5.06 Å². The van der Waals surface area contributed by atoms with Gasteiger partial charge in [0.15, 0.2) is 0 Å². The maximum atomic E-state index is 13.5. The van der Waals surface area contributed by atoms with Gasteiger partial charge in [0.05, 0.1) is 11.2 Å². The minimum Gasteiger partial charge on any atom is -0.399 e. The summed E-state index contributed by atoms with van der Waals surface area (Å²) < 4.78 is 0. The van der Waals surface area contributed by atoms with E-state index in [0.717, 1.165) is 36.0 Å². The van der Waals surface area contributed by atoms with Crippen LogP contribution in [0, 0.1) is 0 Å². The van der Waals surface area contributed by atoms with Crippen molar-refractivity contribution in [3.05, 3.63) is 101 Å². The maximum absolute atomic E-state index is 13.5. The first-order valence-electron chi connectivity index (χ1n) is 13.2. The molecule has 2 amide bonds. The number of aliphatic imine (C=N–C) groups is 1. The van der Waals surface area contributed by atoms with Crippen LogP contribution < -0.4 is 16.8 Å². The number of nitrogen functional groups attached to an aromatic ring is 1. The van der Waals surface area contributed by atoms with Crippen molar-refractivity contribution in [2.75, 3.05) is 12.3 Å². The van der Waals surface area contributed by atoms with Crippen LogP contribution in [0.15, 0.2) is 83.4 Å². The highest BCUT2D eigenvalue weighted by Gasteiger charge is 2.45. The fraction of sp³-hybridized carbons (Fsp3) is 0.258. The van der Waals surface area contributed by atoms with Gasteiger partial charge in [-0.2, -0.15) is 0 Å². The number of carbonyl (C=O) groups is 2. The fourth-order valence-electron chi connectivity index (χ4n) is 4.68. The van der Waals surface area contributed by atoms with Gasteiger partial charge in [0, 0.05) is 35.4 Å². The highest BCUT2D eigenvalue weighted by molar-refractivity contribution is 6.05. The number of fused-ring (bicyclic) bond motifs is 1. The standard InChI is InChI=1S/C31H33N5O3/c1-2-16-36(39-20-21-8-12-26(32)13-9-21)30(38)24-17-22-10-11-23(18-27(22)34-28(33)19-24)29(37)35-31(14-15-31)25-6-4-3-5-7-25/h3-13,17-18H,2,14-16,19-20,32H2,1H3,(H2,33,34)(H,35,37). The number of amides is 2. The van der Waals surface area contributed by atoms with Gasteiger partial charge < -0.3 is 16.8 Å². The molecule has 1 saturated carbocycles. The van der Waals surface area contributed by atoms with Crippen LogP contribution in [0.2, 0.25) is 0 Å². The molecule has 0 aromatic heterocycles. The third-order valence-electron chi connectivity index (χ3n) is 6.98. The van der Waals surface area contributed by atoms with Crippen LogP contribution in [-0.4, -0.2) is 29.3 Å². The lowest BCUT2D eigenvalue weighted by atomic mass is 10.0. The molecule has 0 spiro atoms. The largest absolute Gasteiger partial charge is 0.399 e. The van der Waals surface area contributed by atoms with Gasteiger partial charge >= 0.3 is 0 Å². The molecule has 1 heterocycles. The summed E-state index contributed by atoms with van der Waals surface area (Å²) in [7, 11) is 0. The molecule has 8 nitrogen and oxygen atoms in total. The quantitative estimate of drug-likeness (QED) is 0.274. The molecule has 0 radical (unpaired) electrons. The molecule has 1 fully saturated rings. The number of hydrogen-bond acceptors (Lipinski definition) is 6. The van der Waals surface area contributed by atoms with Crippen LogP contribution in [0.25, 0.3) is 6.08 Å². The summed E-state index contributed by atoms with van der Waals surface area (Å²) in [6.07, 6.45) is 4.50. The van der Waals surface area contributed by atoms with Gasteiger partial charge in [-0.15, -0.1) is 0 Å². The first-order valence-corrected chi connectivity index (χ1v) is 13.2. The molecule has 5 rings (SSSR count). The molecule has 5 N–H and O–H groups in total. The number of hydrogen-bond donors (Lipinski definition) is 3. The number of nitrogens with one attached hydrogen (secondary N) is 1. The van der Waals surface area contributed by atoms with E-state index < -0.39 is 0 Å². The second-order valence-corrected chi connectivity index (χ2v) is 10.0. The van der Waals surface area contributed by atoms with E-state index in [1.807, 2.05) is 49.4 Å². The number of benzene rings is 3. The first-order chi connectivity index (χ1) is 18.9. The molecular weight excluding hydrogens is 490 g/mol. The van der Waals surface area contributed by atoms with Gasteiger partial charge in [0.25, 0.3) is 11.8 Å². The number of anilines is 1. The molecule has 0 unspecified atom stereocenters. The topological polar surface area (TPSA) is 123 Å². The van der Waals surface area contributed by atoms with E-state index >= 15 is 0 Å². The average molecular weight is 524 g/mol. The van der Waals surface area contributed by atoms with Gasteiger partial charge in [0.2, 0.25) is 0 Å². The lowest BCUT2D eigenvalue weighted by molar-refractivity contribution is -0.187. The van der Waals surface area contributed by atoms with Crippen LogP contribution >= 0.6 is 0 Å². The lowest BCUT2D eigenvalue weighted by Gasteiger charge is -2.22. The monoisotopic (exact) mass is 523 g/mol. The van der Waals surface area contributed by atoms with Gasteiger partial charge in [0.1, 0.15) is 12.4 Å². The smallest absolute Gasteiger partial charge is 0.273 e. The number of nitrogens with two attached hydrogens (primary N) is 2. The second-order valence-electron chi connectivity index (χ2n) is 10.0. The van der Waals surface area contributed by atoms with Crippen LogP contribution in [0.1, 0.15) is 59.7 Å². The summed E-state index contributed by atoms with van der Waals surface area (Å²) >= 11 is 0. The van der Waals surface area contributed by atoms with E-state index in [4.69, 9.17) is 16.3 Å². The summed E-state index contributed by atoms with van der Waals surface area (Å²) in [6, 6.07) is 22.6. The summed E-state index contributed by atoms with van der Waals surface area (Å²) in [4.78, 5) is 37.1. The molecule has 3 aromatic carbocycles. The molecule has 39 heavy (non-hydrogen) atoms. The number of rotatable bonds is 9. The molecule has 0 atom stereocenters. The van der Waals surface area contributed by atoms with E-state index in [-0.39, 0.29) is 30.4 Å². The summed E-state index contributed by atoms with van der Waals surface area (Å²) in [5, 5.41) is 4.58. The number of hydroxylamine groups is 2. The predicted octanol–water partition coefficient (Wildman–Crippen LogP) is 4.83. The number of nitrogens with zero attached hydrogens (tertiary/aromatic N) is 2. The Labute approximate surface area is 228 Å². The molecule has 1 aliphatic heterocycles. The Bertz CT molecular complexity index is 1430. The highest BCUT2D eigenvalue weighted by Crippen LogP contribution is 2.45. The Morgan fingerprint density at radius 2 is 1.77 bits per heavy atom. The van der Waals surface area contributed by atoms with Crippen molar-refractivity contribution in [1.29, 1.82) is 0 Å². The maximum Gasteiger partial charge on any atom is 0.273 e. The minimum atomic E-state index is -0.317. The summed E-state index contributed by atoms with van der Waals surface area (Å²) in [6.45, 7) is 2.65. The van der Waals surface area contributed by atoms with Crippen molar-refractivity contribution in [1.82, 2.24) is 10.4 Å². The molecule has 3 aromatic rings. The van der Waals surface area contributed by atoms with Crippen molar-refractivity contribution >= 4 is 35.1 Å². The normalized spacial score (nSPS) is 15.3. The summed E-state index contributed by atoms with van der Waals surface area (Å²) in [5.41, 5.74) is 16.6. The number of carbonyl (C=O) groups excluding carboxylic acids is 2. The average Bonchev–Trinajstić information content (AvgIpc) is 3.74. The van der Waals surface area contributed by atoms with Crippen molar-refractivity contribution in [3.63, 3.8) is 0 Å². The van der Waals surface area contributed by atoms with E-state index in [9.17, 15) is 9.59 Å². The first kappa shape index (κ1) is 26.2. The van der Waals surface area contributed by atoms with Crippen LogP contribution in [0.4, 0.5) is 11.4 Å². The molecule has 200 valence electrons. The third-order valence-corrected chi connectivity index (χ3v) is 6.98. The fourth-order valence-corrected chi connectivity index (χ4v) is 4.68. The SMILES string of the molecule is CCCN(OCc1ccc(N)cc1)C(=O)C1=Cc2ccc(C(=O)NC3(c4ccccc4)CC3)cc2N=C(N)C1. The molecule has 0 bridgehead atoms. The highest BCUT2D eigenvalue weighted by atomic mass is 16.7. The Kier molecular flexibility index (Phi) is 7.47. The van der Waals surface area contributed by atoms with Gasteiger partial charge in [-0.05, 0) is 60.7 Å². The van der Waals surface area contributed by atoms with E-state index in [0.29, 0.717) is 34.9 Å². The molecular formula is C31H33N5O3. The van der Waals surface area contributed by atoms with Crippen molar-refractivity contribution in [3.8, 4) is 0 Å². The van der Waals surface area contributed by atoms with Gasteiger partial charge in [-0.25, -0.2) is 10.1 Å². The second kappa shape index (κ2) is 11.1. The van der Waals surface area contributed by atoms with Crippen molar-refractivity contribution in [2.45, 2.75) is 44.8 Å². The van der Waals surface area contributed by atoms with Crippen LogP contribution in [0.3, 0.4) is 0 Å². The van der Waals surface area contributed by atoms with Crippen LogP contribution in [-0.2, 0) is 21.8 Å². The minimum absolute atomic E-state index is 0.164. The van der Waals surface area contributed by atoms with E-state index in [1.54, 1.807) is 36.4 Å². The lowest BCUT2D eigenvalue weighted by Crippen LogP contribution is -2.34. The van der Waals surface area contributed by atoms with E-state index in [2.05, 4.69) is 10.3 Å². The Morgan fingerprint density at radius 3 is 2.46 bits per heavy atom. The molecule has 8 heteroatoms. The van der Waals surface area contributed by atoms with Gasteiger partial charge in [-0.3, -0.25) is 14.4 Å². The van der Waals surface area contributed by atoms with Crippen LogP contribution in [0.5, 0.6) is 0 Å². The molecule has 0 saturated heterocycles. The zero-order chi connectivity index (χ0) is 27.4. The third kappa shape index (κ3) is 6.02. The molecule has 1 aliphatic carbocycles. The predicted molar refractivity (Wildman–Crippen MR) is 153 cm³/mol. The van der Waals surface area contributed by atoms with Gasteiger partial charge in [-0.1, -0.05) is 55.5 Å². The Balaban J connectivity index is 1.33.